The molecule has 0 spiro atoms. The highest BCUT2D eigenvalue weighted by Gasteiger charge is 2.24. The quantitative estimate of drug-likeness (QED) is 0.828. The summed E-state index contributed by atoms with van der Waals surface area (Å²) in [6.07, 6.45) is 2.41. The zero-order valence-electron chi connectivity index (χ0n) is 12.5. The molecule has 1 aromatic heterocycles. The van der Waals surface area contributed by atoms with Crippen molar-refractivity contribution in [3.05, 3.63) is 12.3 Å². The third-order valence-electron chi connectivity index (χ3n) is 2.75. The van der Waals surface area contributed by atoms with Crippen molar-refractivity contribution in [2.24, 2.45) is 5.41 Å². The van der Waals surface area contributed by atoms with Crippen molar-refractivity contribution in [2.75, 3.05) is 11.9 Å². The molecule has 108 valence electrons. The number of aliphatic hydroxyl groups excluding tert-OH is 1. The van der Waals surface area contributed by atoms with E-state index in [1.807, 2.05) is 13.8 Å². The maximum Gasteiger partial charge on any atom is 0.226 e. The minimum absolute atomic E-state index is 0.0149. The molecule has 1 rings (SSSR count). The zero-order chi connectivity index (χ0) is 14.5. The molecule has 0 aliphatic rings. The summed E-state index contributed by atoms with van der Waals surface area (Å²) >= 11 is 0. The standard InChI is InChI=1S/C14H25N3O2/c1-10(2)19-12-6-8-15-13(17-12)16-11(7-9-18)14(3,4)5/h6,8,10-11,18H,7,9H2,1-5H3,(H,15,16,17). The molecule has 0 aliphatic carbocycles. The highest BCUT2D eigenvalue weighted by atomic mass is 16.5. The Morgan fingerprint density at radius 3 is 2.58 bits per heavy atom. The molecule has 5 heteroatoms. The number of aliphatic hydroxyl groups is 1. The number of nitrogens with zero attached hydrogens (tertiary/aromatic N) is 2. The normalized spacial score (nSPS) is 13.4. The fourth-order valence-electron chi connectivity index (χ4n) is 1.73. The summed E-state index contributed by atoms with van der Waals surface area (Å²) in [7, 11) is 0. The van der Waals surface area contributed by atoms with Crippen LogP contribution in [0.5, 0.6) is 5.88 Å². The molecule has 0 aromatic carbocycles. The Hall–Kier alpha value is -1.36. The molecular formula is C14H25N3O2. The number of nitrogens with one attached hydrogen (secondary N) is 1. The smallest absolute Gasteiger partial charge is 0.226 e. The van der Waals surface area contributed by atoms with E-state index >= 15 is 0 Å². The molecule has 1 atom stereocenters. The van der Waals surface area contributed by atoms with Gasteiger partial charge in [-0.05, 0) is 25.7 Å². The van der Waals surface area contributed by atoms with Gasteiger partial charge in [-0.15, -0.1) is 0 Å². The second-order valence-corrected chi connectivity index (χ2v) is 5.96. The van der Waals surface area contributed by atoms with Gasteiger partial charge < -0.3 is 15.2 Å². The van der Waals surface area contributed by atoms with E-state index in [2.05, 4.69) is 36.1 Å². The van der Waals surface area contributed by atoms with Gasteiger partial charge in [-0.1, -0.05) is 20.8 Å². The van der Waals surface area contributed by atoms with E-state index in [-0.39, 0.29) is 24.2 Å². The van der Waals surface area contributed by atoms with E-state index in [1.165, 1.54) is 0 Å². The molecule has 0 fully saturated rings. The van der Waals surface area contributed by atoms with Gasteiger partial charge >= 0.3 is 0 Å². The van der Waals surface area contributed by atoms with Gasteiger partial charge in [0, 0.05) is 24.9 Å². The van der Waals surface area contributed by atoms with Crippen molar-refractivity contribution >= 4 is 5.95 Å². The zero-order valence-corrected chi connectivity index (χ0v) is 12.5. The predicted octanol–water partition coefficient (Wildman–Crippen LogP) is 2.47. The largest absolute Gasteiger partial charge is 0.475 e. The Labute approximate surface area is 115 Å². The number of rotatable bonds is 6. The van der Waals surface area contributed by atoms with Crippen LogP contribution in [0.1, 0.15) is 41.0 Å². The van der Waals surface area contributed by atoms with Crippen LogP contribution < -0.4 is 10.1 Å². The Bertz CT molecular complexity index is 389. The Morgan fingerprint density at radius 2 is 2.05 bits per heavy atom. The first-order valence-electron chi connectivity index (χ1n) is 6.70. The molecule has 0 saturated heterocycles. The van der Waals surface area contributed by atoms with E-state index in [1.54, 1.807) is 12.3 Å². The van der Waals surface area contributed by atoms with Gasteiger partial charge in [-0.2, -0.15) is 4.98 Å². The average Bonchev–Trinajstić information content (AvgIpc) is 2.26. The molecular weight excluding hydrogens is 242 g/mol. The molecule has 1 unspecified atom stereocenters. The van der Waals surface area contributed by atoms with Crippen LogP contribution in [0.2, 0.25) is 0 Å². The molecule has 0 radical (unpaired) electrons. The summed E-state index contributed by atoms with van der Waals surface area (Å²) in [6.45, 7) is 10.4. The molecule has 0 bridgehead atoms. The summed E-state index contributed by atoms with van der Waals surface area (Å²) in [6, 6.07) is 1.84. The van der Waals surface area contributed by atoms with E-state index in [0.29, 0.717) is 18.2 Å². The van der Waals surface area contributed by atoms with Gasteiger partial charge in [0.1, 0.15) is 0 Å². The molecule has 1 aromatic rings. The van der Waals surface area contributed by atoms with Gasteiger partial charge in [-0.3, -0.25) is 0 Å². The minimum atomic E-state index is 0.0149. The van der Waals surface area contributed by atoms with E-state index in [4.69, 9.17) is 9.84 Å². The highest BCUT2D eigenvalue weighted by Crippen LogP contribution is 2.24. The minimum Gasteiger partial charge on any atom is -0.475 e. The maximum atomic E-state index is 9.15. The Kier molecular flexibility index (Phi) is 5.54. The number of aromatic nitrogens is 2. The van der Waals surface area contributed by atoms with Crippen LogP contribution in [0.4, 0.5) is 5.95 Å². The lowest BCUT2D eigenvalue weighted by Crippen LogP contribution is -2.35. The summed E-state index contributed by atoms with van der Waals surface area (Å²) in [5, 5.41) is 12.4. The summed E-state index contributed by atoms with van der Waals surface area (Å²) in [4.78, 5) is 8.52. The van der Waals surface area contributed by atoms with Gasteiger partial charge in [-0.25, -0.2) is 4.98 Å². The second kappa shape index (κ2) is 6.70. The van der Waals surface area contributed by atoms with Crippen molar-refractivity contribution in [2.45, 2.75) is 53.2 Å². The van der Waals surface area contributed by atoms with Gasteiger partial charge in [0.25, 0.3) is 0 Å². The Morgan fingerprint density at radius 1 is 1.37 bits per heavy atom. The van der Waals surface area contributed by atoms with E-state index in [0.717, 1.165) is 0 Å². The average molecular weight is 267 g/mol. The van der Waals surface area contributed by atoms with Crippen LogP contribution in [-0.4, -0.2) is 33.8 Å². The lowest BCUT2D eigenvalue weighted by molar-refractivity contribution is 0.229. The van der Waals surface area contributed by atoms with Crippen molar-refractivity contribution in [1.82, 2.24) is 9.97 Å². The number of anilines is 1. The van der Waals surface area contributed by atoms with E-state index in [9.17, 15) is 0 Å². The molecule has 0 aliphatic heterocycles. The summed E-state index contributed by atoms with van der Waals surface area (Å²) < 4.78 is 5.54. The van der Waals surface area contributed by atoms with Crippen LogP contribution in [0.3, 0.4) is 0 Å². The molecule has 0 saturated carbocycles. The van der Waals surface area contributed by atoms with Gasteiger partial charge in [0.15, 0.2) is 0 Å². The summed E-state index contributed by atoms with van der Waals surface area (Å²) in [5.74, 6) is 1.09. The van der Waals surface area contributed by atoms with Crippen molar-refractivity contribution in [3.63, 3.8) is 0 Å². The molecule has 5 nitrogen and oxygen atoms in total. The highest BCUT2D eigenvalue weighted by molar-refractivity contribution is 5.29. The third-order valence-corrected chi connectivity index (χ3v) is 2.75. The van der Waals surface area contributed by atoms with Crippen LogP contribution in [0.25, 0.3) is 0 Å². The SMILES string of the molecule is CC(C)Oc1ccnc(NC(CCO)C(C)(C)C)n1. The lowest BCUT2D eigenvalue weighted by atomic mass is 9.85. The first-order chi connectivity index (χ1) is 8.82. The van der Waals surface area contributed by atoms with Crippen molar-refractivity contribution < 1.29 is 9.84 Å². The second-order valence-electron chi connectivity index (χ2n) is 5.96. The Balaban J connectivity index is 2.79. The van der Waals surface area contributed by atoms with E-state index < -0.39 is 0 Å². The van der Waals surface area contributed by atoms with Crippen molar-refractivity contribution in [3.8, 4) is 5.88 Å². The van der Waals surface area contributed by atoms with Crippen LogP contribution in [0.15, 0.2) is 12.3 Å². The maximum absolute atomic E-state index is 9.15. The molecule has 2 N–H and O–H groups in total. The van der Waals surface area contributed by atoms with Crippen molar-refractivity contribution in [1.29, 1.82) is 0 Å². The first kappa shape index (κ1) is 15.7. The molecule has 1 heterocycles. The number of ether oxygens (including phenoxy) is 1. The predicted molar refractivity (Wildman–Crippen MR) is 76.4 cm³/mol. The molecule has 19 heavy (non-hydrogen) atoms. The van der Waals surface area contributed by atoms with Gasteiger partial charge in [0.05, 0.1) is 6.10 Å². The van der Waals surface area contributed by atoms with Crippen LogP contribution in [0, 0.1) is 5.41 Å². The van der Waals surface area contributed by atoms with Gasteiger partial charge in [0.2, 0.25) is 11.8 Å². The third kappa shape index (κ3) is 5.42. The fraction of sp³-hybridized carbons (Fsp3) is 0.714. The number of hydrogen-bond acceptors (Lipinski definition) is 5. The van der Waals surface area contributed by atoms with Crippen LogP contribution in [-0.2, 0) is 0 Å². The lowest BCUT2D eigenvalue weighted by Gasteiger charge is -2.31. The molecule has 0 amide bonds. The monoisotopic (exact) mass is 267 g/mol. The summed E-state index contributed by atoms with van der Waals surface area (Å²) in [5.41, 5.74) is 0.0149. The fourth-order valence-corrected chi connectivity index (χ4v) is 1.73. The first-order valence-corrected chi connectivity index (χ1v) is 6.70. The topological polar surface area (TPSA) is 67.3 Å². The van der Waals surface area contributed by atoms with Crippen LogP contribution >= 0.6 is 0 Å². The number of hydrogen-bond donors (Lipinski definition) is 2.